The number of nitrogen functional groups attached to an aromatic ring is 1. The van der Waals surface area contributed by atoms with Crippen LogP contribution in [0.15, 0.2) is 18.2 Å². The summed E-state index contributed by atoms with van der Waals surface area (Å²) < 4.78 is 2.07. The minimum atomic E-state index is 0.195. The summed E-state index contributed by atoms with van der Waals surface area (Å²) in [5.41, 5.74) is 8.11. The smallest absolute Gasteiger partial charge is 0.201 e. The third-order valence-corrected chi connectivity index (χ3v) is 4.74. The first-order valence-corrected chi connectivity index (χ1v) is 6.99. The first-order valence-electron chi connectivity index (χ1n) is 6.61. The number of para-hydroxylation sites is 1. The Bertz CT molecular complexity index is 613. The van der Waals surface area contributed by atoms with Gasteiger partial charge in [0.25, 0.3) is 0 Å². The largest absolute Gasteiger partial charge is 0.369 e. The predicted molar refractivity (Wildman–Crippen MR) is 79.4 cm³/mol. The van der Waals surface area contributed by atoms with E-state index in [-0.39, 0.29) is 5.54 Å². The Labute approximate surface area is 118 Å². The van der Waals surface area contributed by atoms with Crippen LogP contribution in [0.4, 0.5) is 5.95 Å². The number of hydrogen-bond acceptors (Lipinski definition) is 3. The van der Waals surface area contributed by atoms with Crippen molar-refractivity contribution in [1.82, 2.24) is 14.5 Å². The molecule has 0 radical (unpaired) electrons. The van der Waals surface area contributed by atoms with E-state index in [9.17, 15) is 0 Å². The monoisotopic (exact) mass is 278 g/mol. The molecule has 0 spiro atoms. The highest BCUT2D eigenvalue weighted by Gasteiger charge is 2.40. The fourth-order valence-electron chi connectivity index (χ4n) is 2.95. The maximum Gasteiger partial charge on any atom is 0.201 e. The van der Waals surface area contributed by atoms with Gasteiger partial charge >= 0.3 is 0 Å². The van der Waals surface area contributed by atoms with Crippen molar-refractivity contribution < 1.29 is 0 Å². The summed E-state index contributed by atoms with van der Waals surface area (Å²) in [6.45, 7) is 0.853. The van der Waals surface area contributed by atoms with Crippen molar-refractivity contribution in [3.63, 3.8) is 0 Å². The van der Waals surface area contributed by atoms with Crippen molar-refractivity contribution in [2.75, 3.05) is 19.8 Å². The molecule has 0 amide bonds. The Morgan fingerprint density at radius 3 is 2.74 bits per heavy atom. The van der Waals surface area contributed by atoms with Gasteiger partial charge in [0.2, 0.25) is 5.95 Å². The third-order valence-electron chi connectivity index (χ3n) is 4.43. The minimum absolute atomic E-state index is 0.195. The van der Waals surface area contributed by atoms with Gasteiger partial charge in [0.15, 0.2) is 0 Å². The standard InChI is InChI=1S/C14H19ClN4/c1-18(2)14(7-4-8-14)9-19-12-10(15)5-3-6-11(12)17-13(19)16/h3,5-6H,4,7-9H2,1-2H3,(H2,16,17). The number of hydrogen-bond donors (Lipinski definition) is 1. The number of nitrogens with zero attached hydrogens (tertiary/aromatic N) is 3. The summed E-state index contributed by atoms with van der Waals surface area (Å²) >= 11 is 6.32. The van der Waals surface area contributed by atoms with Gasteiger partial charge < -0.3 is 15.2 Å². The predicted octanol–water partition coefficient (Wildman–Crippen LogP) is 2.76. The molecule has 1 heterocycles. The Kier molecular flexibility index (Phi) is 2.95. The molecule has 1 aromatic heterocycles. The highest BCUT2D eigenvalue weighted by atomic mass is 35.5. The molecule has 2 aromatic rings. The van der Waals surface area contributed by atoms with Crippen molar-refractivity contribution in [2.45, 2.75) is 31.3 Å². The van der Waals surface area contributed by atoms with Gasteiger partial charge in [-0.3, -0.25) is 0 Å². The molecule has 1 fully saturated rings. The molecule has 4 nitrogen and oxygen atoms in total. The van der Waals surface area contributed by atoms with Gasteiger partial charge in [0.05, 0.1) is 16.1 Å². The van der Waals surface area contributed by atoms with Gasteiger partial charge in [-0.15, -0.1) is 0 Å². The molecule has 0 atom stereocenters. The average Bonchev–Trinajstić information content (AvgIpc) is 2.60. The SMILES string of the molecule is CN(C)C1(Cn2c(N)nc3cccc(Cl)c32)CCC1. The normalized spacial score (nSPS) is 17.9. The summed E-state index contributed by atoms with van der Waals surface area (Å²) in [6.07, 6.45) is 3.67. The topological polar surface area (TPSA) is 47.1 Å². The van der Waals surface area contributed by atoms with Crippen LogP contribution in [-0.4, -0.2) is 34.1 Å². The summed E-state index contributed by atoms with van der Waals surface area (Å²) in [5.74, 6) is 0.552. The molecule has 1 aliphatic carbocycles. The van der Waals surface area contributed by atoms with Gasteiger partial charge in [0, 0.05) is 12.1 Å². The van der Waals surface area contributed by atoms with Crippen LogP contribution in [0.3, 0.4) is 0 Å². The molecule has 1 aliphatic rings. The Morgan fingerprint density at radius 1 is 1.42 bits per heavy atom. The van der Waals surface area contributed by atoms with E-state index in [1.165, 1.54) is 19.3 Å². The number of nitrogens with two attached hydrogens (primary N) is 1. The summed E-state index contributed by atoms with van der Waals surface area (Å²) in [7, 11) is 4.27. The molecular formula is C14H19ClN4. The number of likely N-dealkylation sites (N-methyl/N-ethyl adjacent to an activating group) is 1. The molecular weight excluding hydrogens is 260 g/mol. The molecule has 19 heavy (non-hydrogen) atoms. The average molecular weight is 279 g/mol. The number of aromatic nitrogens is 2. The summed E-state index contributed by atoms with van der Waals surface area (Å²) in [4.78, 5) is 6.72. The Balaban J connectivity index is 2.08. The number of rotatable bonds is 3. The van der Waals surface area contributed by atoms with E-state index in [4.69, 9.17) is 17.3 Å². The van der Waals surface area contributed by atoms with Gasteiger partial charge in [-0.1, -0.05) is 17.7 Å². The van der Waals surface area contributed by atoms with E-state index in [1.807, 2.05) is 18.2 Å². The Morgan fingerprint density at radius 2 is 2.16 bits per heavy atom. The fraction of sp³-hybridized carbons (Fsp3) is 0.500. The minimum Gasteiger partial charge on any atom is -0.369 e. The second-order valence-corrected chi connectivity index (χ2v) is 6.04. The maximum atomic E-state index is 6.32. The second kappa shape index (κ2) is 4.39. The quantitative estimate of drug-likeness (QED) is 0.939. The lowest BCUT2D eigenvalue weighted by atomic mass is 9.75. The van der Waals surface area contributed by atoms with Gasteiger partial charge in [-0.25, -0.2) is 4.98 Å². The molecule has 5 heteroatoms. The van der Waals surface area contributed by atoms with Crippen molar-refractivity contribution in [2.24, 2.45) is 0 Å². The molecule has 0 bridgehead atoms. The van der Waals surface area contributed by atoms with E-state index in [0.29, 0.717) is 5.95 Å². The second-order valence-electron chi connectivity index (χ2n) is 5.64. The zero-order valence-corrected chi connectivity index (χ0v) is 12.1. The number of halogens is 1. The molecule has 0 aliphatic heterocycles. The Hall–Kier alpha value is -1.26. The highest BCUT2D eigenvalue weighted by Crippen LogP contribution is 2.39. The number of imidazole rings is 1. The van der Waals surface area contributed by atoms with Crippen LogP contribution >= 0.6 is 11.6 Å². The molecule has 1 aromatic carbocycles. The number of fused-ring (bicyclic) bond motifs is 1. The van der Waals surface area contributed by atoms with E-state index in [2.05, 4.69) is 28.5 Å². The zero-order valence-electron chi connectivity index (χ0n) is 11.4. The fourth-order valence-corrected chi connectivity index (χ4v) is 3.22. The molecule has 0 saturated heterocycles. The summed E-state index contributed by atoms with van der Waals surface area (Å²) in [5, 5.41) is 0.718. The van der Waals surface area contributed by atoms with Crippen molar-refractivity contribution >= 4 is 28.6 Å². The third kappa shape index (κ3) is 1.90. The van der Waals surface area contributed by atoms with Gasteiger partial charge in [0.1, 0.15) is 0 Å². The lowest BCUT2D eigenvalue weighted by Gasteiger charge is -2.47. The van der Waals surface area contributed by atoms with Crippen LogP contribution in [0.2, 0.25) is 5.02 Å². The van der Waals surface area contributed by atoms with Crippen LogP contribution in [0.25, 0.3) is 11.0 Å². The lowest BCUT2D eigenvalue weighted by molar-refractivity contribution is 0.0441. The maximum absolute atomic E-state index is 6.32. The van der Waals surface area contributed by atoms with Crippen LogP contribution in [0.1, 0.15) is 19.3 Å². The van der Waals surface area contributed by atoms with Crippen molar-refractivity contribution in [3.8, 4) is 0 Å². The van der Waals surface area contributed by atoms with Gasteiger partial charge in [-0.05, 0) is 45.5 Å². The first-order chi connectivity index (χ1) is 9.03. The van der Waals surface area contributed by atoms with Crippen molar-refractivity contribution in [3.05, 3.63) is 23.2 Å². The molecule has 1 saturated carbocycles. The van der Waals surface area contributed by atoms with Crippen LogP contribution in [-0.2, 0) is 6.54 Å². The number of anilines is 1. The first kappa shape index (κ1) is 12.8. The number of benzene rings is 1. The lowest BCUT2D eigenvalue weighted by Crippen LogP contribution is -2.53. The zero-order chi connectivity index (χ0) is 13.6. The molecule has 2 N–H and O–H groups in total. The summed E-state index contributed by atoms with van der Waals surface area (Å²) in [6, 6.07) is 5.76. The highest BCUT2D eigenvalue weighted by molar-refractivity contribution is 6.35. The van der Waals surface area contributed by atoms with Gasteiger partial charge in [-0.2, -0.15) is 0 Å². The van der Waals surface area contributed by atoms with Crippen LogP contribution < -0.4 is 5.73 Å². The molecule has 102 valence electrons. The van der Waals surface area contributed by atoms with E-state index < -0.39 is 0 Å². The van der Waals surface area contributed by atoms with E-state index in [1.54, 1.807) is 0 Å². The van der Waals surface area contributed by atoms with Crippen molar-refractivity contribution in [1.29, 1.82) is 0 Å². The molecule has 3 rings (SSSR count). The van der Waals surface area contributed by atoms with E-state index >= 15 is 0 Å². The van der Waals surface area contributed by atoms with Crippen LogP contribution in [0, 0.1) is 0 Å². The van der Waals surface area contributed by atoms with Crippen LogP contribution in [0.5, 0.6) is 0 Å². The molecule has 0 unspecified atom stereocenters. The van der Waals surface area contributed by atoms with E-state index in [0.717, 1.165) is 22.6 Å².